The van der Waals surface area contributed by atoms with Crippen LogP contribution in [0.4, 0.5) is 0 Å². The third-order valence-electron chi connectivity index (χ3n) is 7.82. The fraction of sp³-hybridized carbons (Fsp3) is 0.455. The topological polar surface area (TPSA) is 71.2 Å². The standard InChI is InChI=1S/C17H18ClN3O.C16H26O/c1-10-7-12(17(2,3)4)16(22)15(8-10)21-19-13-6-5-11(18)9-14(13)20-21;1-7-15(3,4)12-10-9-11-13(17)14(12)16(5,6)8-2/h5-9,22H,1-4H3;9-11,17H,7-8H2,1-6H3. The van der Waals surface area contributed by atoms with Crippen LogP contribution in [0.2, 0.25) is 5.02 Å². The second-order valence-electron chi connectivity index (χ2n) is 12.7. The van der Waals surface area contributed by atoms with Crippen LogP contribution < -0.4 is 0 Å². The minimum atomic E-state index is -0.166. The van der Waals surface area contributed by atoms with E-state index in [9.17, 15) is 10.2 Å². The van der Waals surface area contributed by atoms with E-state index in [0.29, 0.717) is 22.0 Å². The highest BCUT2D eigenvalue weighted by Crippen LogP contribution is 2.42. The molecule has 6 heteroatoms. The molecule has 0 amide bonds. The summed E-state index contributed by atoms with van der Waals surface area (Å²) in [5.74, 6) is 0.653. The summed E-state index contributed by atoms with van der Waals surface area (Å²) in [6.45, 7) is 21.5. The van der Waals surface area contributed by atoms with Crippen LogP contribution in [0.3, 0.4) is 0 Å². The number of aromatic nitrogens is 3. The molecule has 0 aliphatic rings. The van der Waals surface area contributed by atoms with E-state index in [-0.39, 0.29) is 22.0 Å². The van der Waals surface area contributed by atoms with E-state index < -0.39 is 0 Å². The van der Waals surface area contributed by atoms with E-state index in [0.717, 1.165) is 35.0 Å². The van der Waals surface area contributed by atoms with Crippen molar-refractivity contribution in [3.8, 4) is 17.2 Å². The summed E-state index contributed by atoms with van der Waals surface area (Å²) >= 11 is 5.99. The smallest absolute Gasteiger partial charge is 0.146 e. The highest BCUT2D eigenvalue weighted by atomic mass is 35.5. The molecular weight excluding hydrogens is 506 g/mol. The van der Waals surface area contributed by atoms with Gasteiger partial charge in [-0.2, -0.15) is 0 Å². The second kappa shape index (κ2) is 11.2. The van der Waals surface area contributed by atoms with Gasteiger partial charge in [-0.3, -0.25) is 0 Å². The lowest BCUT2D eigenvalue weighted by Crippen LogP contribution is -2.25. The number of aryl methyl sites for hydroxylation is 1. The van der Waals surface area contributed by atoms with Gasteiger partial charge < -0.3 is 10.2 Å². The van der Waals surface area contributed by atoms with E-state index in [1.165, 1.54) is 10.4 Å². The second-order valence-corrected chi connectivity index (χ2v) is 13.2. The molecule has 0 spiro atoms. The Morgan fingerprint density at radius 1 is 0.769 bits per heavy atom. The van der Waals surface area contributed by atoms with Crippen molar-refractivity contribution >= 4 is 22.6 Å². The van der Waals surface area contributed by atoms with Gasteiger partial charge in [-0.05, 0) is 77.5 Å². The van der Waals surface area contributed by atoms with Crippen molar-refractivity contribution in [2.24, 2.45) is 0 Å². The molecule has 1 aromatic heterocycles. The number of hydrogen-bond donors (Lipinski definition) is 2. The Labute approximate surface area is 238 Å². The number of hydrogen-bond acceptors (Lipinski definition) is 4. The average Bonchev–Trinajstić information content (AvgIpc) is 3.27. The molecule has 0 aliphatic carbocycles. The van der Waals surface area contributed by atoms with Gasteiger partial charge in [0.2, 0.25) is 0 Å². The van der Waals surface area contributed by atoms with Crippen LogP contribution in [0.1, 0.15) is 97.4 Å². The first-order valence-corrected chi connectivity index (χ1v) is 14.1. The van der Waals surface area contributed by atoms with Crippen molar-refractivity contribution in [1.29, 1.82) is 0 Å². The number of benzene rings is 3. The Balaban J connectivity index is 0.000000224. The molecule has 1 heterocycles. The predicted octanol–water partition coefficient (Wildman–Crippen LogP) is 9.15. The Hall–Kier alpha value is -3.05. The minimum absolute atomic E-state index is 0.0209. The summed E-state index contributed by atoms with van der Waals surface area (Å²) in [7, 11) is 0. The van der Waals surface area contributed by atoms with E-state index >= 15 is 0 Å². The molecule has 0 fully saturated rings. The van der Waals surface area contributed by atoms with Crippen LogP contribution in [-0.2, 0) is 16.2 Å². The lowest BCUT2D eigenvalue weighted by molar-refractivity contribution is 0.408. The van der Waals surface area contributed by atoms with Crippen molar-refractivity contribution in [2.45, 2.75) is 98.3 Å². The van der Waals surface area contributed by atoms with Gasteiger partial charge in [-0.15, -0.1) is 15.0 Å². The number of aromatic hydroxyl groups is 2. The Morgan fingerprint density at radius 3 is 1.97 bits per heavy atom. The summed E-state index contributed by atoms with van der Waals surface area (Å²) in [5, 5.41) is 30.4. The van der Waals surface area contributed by atoms with Crippen LogP contribution in [0.15, 0.2) is 48.5 Å². The summed E-state index contributed by atoms with van der Waals surface area (Å²) in [5.41, 5.74) is 6.32. The molecule has 0 atom stereocenters. The number of fused-ring (bicyclic) bond motifs is 1. The number of phenols is 2. The Kier molecular flexibility index (Phi) is 8.76. The van der Waals surface area contributed by atoms with Gasteiger partial charge >= 0.3 is 0 Å². The fourth-order valence-corrected chi connectivity index (χ4v) is 4.83. The molecule has 0 aliphatic heterocycles. The number of phenolic OH excluding ortho intramolecular Hbond substituents is 2. The van der Waals surface area contributed by atoms with Crippen molar-refractivity contribution in [3.63, 3.8) is 0 Å². The fourth-order valence-electron chi connectivity index (χ4n) is 4.66. The Morgan fingerprint density at radius 2 is 1.38 bits per heavy atom. The summed E-state index contributed by atoms with van der Waals surface area (Å²) < 4.78 is 0. The predicted molar refractivity (Wildman–Crippen MR) is 164 cm³/mol. The van der Waals surface area contributed by atoms with Gasteiger partial charge in [-0.1, -0.05) is 92.1 Å². The third-order valence-corrected chi connectivity index (χ3v) is 8.05. The molecule has 2 N–H and O–H groups in total. The molecule has 0 saturated heterocycles. The molecule has 39 heavy (non-hydrogen) atoms. The third kappa shape index (κ3) is 6.58. The monoisotopic (exact) mass is 549 g/mol. The van der Waals surface area contributed by atoms with Gasteiger partial charge in [0.05, 0.1) is 0 Å². The van der Waals surface area contributed by atoms with E-state index in [1.807, 2.05) is 37.3 Å². The highest BCUT2D eigenvalue weighted by Gasteiger charge is 2.31. The van der Waals surface area contributed by atoms with E-state index in [2.05, 4.69) is 78.6 Å². The molecular formula is C33H44ClN3O2. The zero-order valence-corrected chi connectivity index (χ0v) is 25.9. The number of halogens is 1. The molecule has 0 unspecified atom stereocenters. The maximum Gasteiger partial charge on any atom is 0.146 e. The van der Waals surface area contributed by atoms with Crippen LogP contribution in [0, 0.1) is 6.92 Å². The minimum Gasteiger partial charge on any atom is -0.508 e. The van der Waals surface area contributed by atoms with Crippen molar-refractivity contribution in [1.82, 2.24) is 15.0 Å². The first-order chi connectivity index (χ1) is 18.0. The molecule has 0 radical (unpaired) electrons. The largest absolute Gasteiger partial charge is 0.508 e. The zero-order chi connectivity index (χ0) is 29.3. The van der Waals surface area contributed by atoms with Crippen LogP contribution in [-0.4, -0.2) is 25.2 Å². The van der Waals surface area contributed by atoms with Gasteiger partial charge in [0.1, 0.15) is 28.2 Å². The first kappa shape index (κ1) is 30.5. The molecule has 0 bridgehead atoms. The lowest BCUT2D eigenvalue weighted by atomic mass is 9.71. The summed E-state index contributed by atoms with van der Waals surface area (Å²) in [4.78, 5) is 1.47. The zero-order valence-electron chi connectivity index (χ0n) is 25.1. The summed E-state index contributed by atoms with van der Waals surface area (Å²) in [6, 6.07) is 15.2. The van der Waals surface area contributed by atoms with Gasteiger partial charge in [0, 0.05) is 16.1 Å². The maximum absolute atomic E-state index is 10.7. The molecule has 5 nitrogen and oxygen atoms in total. The van der Waals surface area contributed by atoms with Crippen molar-refractivity contribution in [2.75, 3.05) is 0 Å². The SMILES string of the molecule is CCC(C)(C)c1cccc(O)c1C(C)(C)CC.Cc1cc(-n2nc3ccc(Cl)cc3n2)c(O)c(C(C)(C)C)c1. The van der Waals surface area contributed by atoms with Crippen LogP contribution in [0.5, 0.6) is 11.5 Å². The summed E-state index contributed by atoms with van der Waals surface area (Å²) in [6.07, 6.45) is 2.10. The van der Waals surface area contributed by atoms with Gasteiger partial charge in [-0.25, -0.2) is 0 Å². The lowest BCUT2D eigenvalue weighted by Gasteiger charge is -2.34. The van der Waals surface area contributed by atoms with Gasteiger partial charge in [0.15, 0.2) is 0 Å². The molecule has 4 rings (SSSR count). The number of rotatable bonds is 5. The molecule has 0 saturated carbocycles. The average molecular weight is 550 g/mol. The van der Waals surface area contributed by atoms with E-state index in [4.69, 9.17) is 11.6 Å². The molecule has 4 aromatic rings. The van der Waals surface area contributed by atoms with Crippen LogP contribution >= 0.6 is 11.6 Å². The highest BCUT2D eigenvalue weighted by molar-refractivity contribution is 6.31. The normalized spacial score (nSPS) is 12.4. The van der Waals surface area contributed by atoms with Crippen molar-refractivity contribution in [3.05, 3.63) is 75.8 Å². The van der Waals surface area contributed by atoms with Crippen LogP contribution in [0.25, 0.3) is 16.7 Å². The molecule has 3 aromatic carbocycles. The van der Waals surface area contributed by atoms with Gasteiger partial charge in [0.25, 0.3) is 0 Å². The quantitative estimate of drug-likeness (QED) is 0.260. The molecule has 210 valence electrons. The number of nitrogens with zero attached hydrogens (tertiary/aromatic N) is 3. The first-order valence-electron chi connectivity index (χ1n) is 13.7. The maximum atomic E-state index is 10.7. The Bertz CT molecular complexity index is 1460. The van der Waals surface area contributed by atoms with E-state index in [1.54, 1.807) is 12.1 Å². The van der Waals surface area contributed by atoms with Crippen molar-refractivity contribution < 1.29 is 10.2 Å².